The molecule has 0 radical (unpaired) electrons. The van der Waals surface area contributed by atoms with E-state index in [2.05, 4.69) is 34.6 Å². The molecule has 1 amide bonds. The van der Waals surface area contributed by atoms with E-state index in [1.54, 1.807) is 6.20 Å². The lowest BCUT2D eigenvalue weighted by Crippen LogP contribution is -2.45. The second-order valence-electron chi connectivity index (χ2n) is 7.00. The quantitative estimate of drug-likeness (QED) is 0.705. The number of carbonyl (C=O) groups excluding carboxylic acids is 1. The summed E-state index contributed by atoms with van der Waals surface area (Å²) in [7, 11) is 0. The summed E-state index contributed by atoms with van der Waals surface area (Å²) in [4.78, 5) is 17.1. The number of rotatable bonds is 4. The summed E-state index contributed by atoms with van der Waals surface area (Å²) in [5.74, 6) is 0.0119. The van der Waals surface area contributed by atoms with Gasteiger partial charge in [-0.2, -0.15) is 0 Å². The minimum Gasteiger partial charge on any atom is -0.448 e. The maximum Gasteiger partial charge on any atom is 0.413 e. The second-order valence-corrected chi connectivity index (χ2v) is 8.04. The van der Waals surface area contributed by atoms with Crippen molar-refractivity contribution in [2.45, 2.75) is 11.5 Å². The molecular weight excluding hydrogens is 376 g/mol. The molecule has 1 aliphatic carbocycles. The van der Waals surface area contributed by atoms with Gasteiger partial charge in [0.15, 0.2) is 5.13 Å². The van der Waals surface area contributed by atoms with E-state index in [9.17, 15) is 9.90 Å². The molecule has 0 saturated carbocycles. The van der Waals surface area contributed by atoms with Crippen molar-refractivity contribution in [2.75, 3.05) is 25.1 Å². The Bertz CT molecular complexity index is 999. The number of hydrogen-bond acceptors (Lipinski definition) is 6. The normalized spacial score (nSPS) is 16.8. The molecule has 5 rings (SSSR count). The Hall–Kier alpha value is -2.74. The van der Waals surface area contributed by atoms with Gasteiger partial charge in [0.25, 0.3) is 0 Å². The first kappa shape index (κ1) is 17.4. The first-order chi connectivity index (χ1) is 13.6. The molecule has 2 aromatic carbocycles. The molecule has 0 spiro atoms. The predicted octanol–water partition coefficient (Wildman–Crippen LogP) is 3.72. The summed E-state index contributed by atoms with van der Waals surface area (Å²) in [5, 5.41) is 13.3. The molecule has 28 heavy (non-hydrogen) atoms. The van der Waals surface area contributed by atoms with Crippen LogP contribution in [0.5, 0.6) is 0 Å². The van der Waals surface area contributed by atoms with Gasteiger partial charge < -0.3 is 14.6 Å². The average Bonchev–Trinajstić information content (AvgIpc) is 3.27. The van der Waals surface area contributed by atoms with E-state index in [-0.39, 0.29) is 25.7 Å². The molecule has 0 bridgehead atoms. The summed E-state index contributed by atoms with van der Waals surface area (Å²) in [6, 6.07) is 16.4. The first-order valence-electron chi connectivity index (χ1n) is 9.02. The standard InChI is InChI=1S/C21H18N2O4S/c24-20(23-19-22-9-18(28-19)21(25)11-26-12-21)27-10-17-15-7-3-1-5-13(15)14-6-2-4-8-16(14)17/h1-9,17,25H,10-12H2,(H,22,23,24). The molecule has 0 atom stereocenters. The number of hydrogen-bond donors (Lipinski definition) is 2. The SMILES string of the molecule is O=C(Nc1ncc(C2(O)COC2)s1)OCC1c2ccccc2-c2ccccc21. The molecule has 2 aliphatic rings. The zero-order chi connectivity index (χ0) is 19.1. The predicted molar refractivity (Wildman–Crippen MR) is 106 cm³/mol. The fraction of sp³-hybridized carbons (Fsp3) is 0.238. The number of amides is 1. The number of fused-ring (bicyclic) bond motifs is 3. The van der Waals surface area contributed by atoms with Gasteiger partial charge >= 0.3 is 6.09 Å². The van der Waals surface area contributed by atoms with Crippen LogP contribution in [0, 0.1) is 0 Å². The number of anilines is 1. The minimum atomic E-state index is -0.987. The van der Waals surface area contributed by atoms with Crippen molar-refractivity contribution in [3.05, 3.63) is 70.7 Å². The summed E-state index contributed by atoms with van der Waals surface area (Å²) >= 11 is 1.23. The molecule has 6 nitrogen and oxygen atoms in total. The van der Waals surface area contributed by atoms with E-state index in [1.807, 2.05) is 24.3 Å². The highest BCUT2D eigenvalue weighted by Crippen LogP contribution is 2.44. The van der Waals surface area contributed by atoms with Crippen molar-refractivity contribution in [1.82, 2.24) is 4.98 Å². The second kappa shape index (κ2) is 6.70. The number of aliphatic hydroxyl groups is 1. The van der Waals surface area contributed by atoms with Gasteiger partial charge in [-0.25, -0.2) is 9.78 Å². The van der Waals surface area contributed by atoms with Crippen molar-refractivity contribution in [1.29, 1.82) is 0 Å². The van der Waals surface area contributed by atoms with Crippen molar-refractivity contribution < 1.29 is 19.4 Å². The molecule has 142 valence electrons. The molecule has 2 N–H and O–H groups in total. The third-order valence-corrected chi connectivity index (χ3v) is 6.30. The van der Waals surface area contributed by atoms with E-state index in [1.165, 1.54) is 33.6 Å². The van der Waals surface area contributed by atoms with Crippen molar-refractivity contribution in [3.8, 4) is 11.1 Å². The van der Waals surface area contributed by atoms with Crippen LogP contribution in [0.1, 0.15) is 21.9 Å². The fourth-order valence-electron chi connectivity index (χ4n) is 3.71. The summed E-state index contributed by atoms with van der Waals surface area (Å²) in [6.45, 7) is 0.745. The third-order valence-electron chi connectivity index (χ3n) is 5.20. The lowest BCUT2D eigenvalue weighted by atomic mass is 9.98. The maximum absolute atomic E-state index is 12.3. The number of benzene rings is 2. The highest BCUT2D eigenvalue weighted by molar-refractivity contribution is 7.15. The lowest BCUT2D eigenvalue weighted by Gasteiger charge is -2.34. The van der Waals surface area contributed by atoms with Crippen LogP contribution < -0.4 is 5.32 Å². The van der Waals surface area contributed by atoms with Gasteiger partial charge in [-0.05, 0) is 22.3 Å². The van der Waals surface area contributed by atoms with Gasteiger partial charge in [-0.1, -0.05) is 59.9 Å². The number of nitrogens with one attached hydrogen (secondary N) is 1. The van der Waals surface area contributed by atoms with Gasteiger partial charge in [0.1, 0.15) is 12.2 Å². The van der Waals surface area contributed by atoms with Gasteiger partial charge in [0, 0.05) is 12.1 Å². The Balaban J connectivity index is 1.27. The Morgan fingerprint density at radius 1 is 1.18 bits per heavy atom. The van der Waals surface area contributed by atoms with E-state index >= 15 is 0 Å². The molecule has 2 heterocycles. The van der Waals surface area contributed by atoms with Crippen LogP contribution in [0.25, 0.3) is 11.1 Å². The van der Waals surface area contributed by atoms with Crippen LogP contribution in [-0.4, -0.2) is 36.0 Å². The Kier molecular flexibility index (Phi) is 4.16. The zero-order valence-corrected chi connectivity index (χ0v) is 15.7. The Morgan fingerprint density at radius 2 is 1.82 bits per heavy atom. The Labute approximate surface area is 165 Å². The van der Waals surface area contributed by atoms with Crippen LogP contribution in [-0.2, 0) is 15.1 Å². The number of nitrogens with zero attached hydrogens (tertiary/aromatic N) is 1. The Morgan fingerprint density at radius 3 is 2.43 bits per heavy atom. The third kappa shape index (κ3) is 2.88. The number of thiazole rings is 1. The maximum atomic E-state index is 12.3. The van der Waals surface area contributed by atoms with Crippen LogP contribution >= 0.6 is 11.3 Å². The summed E-state index contributed by atoms with van der Waals surface area (Å²) in [5.41, 5.74) is 3.72. The van der Waals surface area contributed by atoms with Crippen LogP contribution in [0.4, 0.5) is 9.93 Å². The van der Waals surface area contributed by atoms with Gasteiger partial charge in [-0.15, -0.1) is 0 Å². The molecule has 7 heteroatoms. The lowest BCUT2D eigenvalue weighted by molar-refractivity contribution is -0.182. The smallest absolute Gasteiger partial charge is 0.413 e. The van der Waals surface area contributed by atoms with Crippen molar-refractivity contribution in [3.63, 3.8) is 0 Å². The van der Waals surface area contributed by atoms with Gasteiger partial charge in [0.2, 0.25) is 0 Å². The fourth-order valence-corrected chi connectivity index (χ4v) is 4.57. The topological polar surface area (TPSA) is 80.7 Å². The van der Waals surface area contributed by atoms with E-state index in [0.29, 0.717) is 10.0 Å². The highest BCUT2D eigenvalue weighted by Gasteiger charge is 2.40. The van der Waals surface area contributed by atoms with Crippen molar-refractivity contribution in [2.24, 2.45) is 0 Å². The van der Waals surface area contributed by atoms with E-state index in [0.717, 1.165) is 0 Å². The largest absolute Gasteiger partial charge is 0.448 e. The first-order valence-corrected chi connectivity index (χ1v) is 9.84. The van der Waals surface area contributed by atoms with Gasteiger partial charge in [0.05, 0.1) is 18.1 Å². The molecule has 3 aromatic rings. The molecule has 1 saturated heterocycles. The number of ether oxygens (including phenoxy) is 2. The molecular formula is C21H18N2O4S. The minimum absolute atomic E-state index is 0.0119. The molecule has 0 unspecified atom stereocenters. The number of carbonyl (C=O) groups is 1. The van der Waals surface area contributed by atoms with Crippen LogP contribution in [0.2, 0.25) is 0 Å². The summed E-state index contributed by atoms with van der Waals surface area (Å²) in [6.07, 6.45) is 1.01. The molecule has 1 aromatic heterocycles. The monoisotopic (exact) mass is 394 g/mol. The molecule has 1 aliphatic heterocycles. The molecule has 1 fully saturated rings. The zero-order valence-electron chi connectivity index (χ0n) is 14.9. The van der Waals surface area contributed by atoms with Crippen LogP contribution in [0.15, 0.2) is 54.7 Å². The van der Waals surface area contributed by atoms with Crippen molar-refractivity contribution >= 4 is 22.6 Å². The summed E-state index contributed by atoms with van der Waals surface area (Å²) < 4.78 is 10.6. The van der Waals surface area contributed by atoms with Crippen LogP contribution in [0.3, 0.4) is 0 Å². The highest BCUT2D eigenvalue weighted by atomic mass is 32.1. The van der Waals surface area contributed by atoms with E-state index < -0.39 is 11.7 Å². The van der Waals surface area contributed by atoms with E-state index in [4.69, 9.17) is 9.47 Å². The average molecular weight is 394 g/mol. The number of aromatic nitrogens is 1. The van der Waals surface area contributed by atoms with Gasteiger partial charge in [-0.3, -0.25) is 5.32 Å².